The van der Waals surface area contributed by atoms with E-state index < -0.39 is 0 Å². The first kappa shape index (κ1) is 18.5. The molecule has 0 radical (unpaired) electrons. The van der Waals surface area contributed by atoms with Gasteiger partial charge in [0.15, 0.2) is 0 Å². The topological polar surface area (TPSA) is 29.1 Å². The van der Waals surface area contributed by atoms with Crippen molar-refractivity contribution in [2.24, 2.45) is 35.0 Å². The molecule has 1 amide bonds. The van der Waals surface area contributed by atoms with Crippen molar-refractivity contribution in [2.45, 2.75) is 80.2 Å². The Morgan fingerprint density at radius 3 is 2.35 bits per heavy atom. The lowest BCUT2D eigenvalue weighted by atomic mass is 9.54. The fraction of sp³-hybridized carbons (Fsp3) is 0.857. The Hall–Kier alpha value is -0.790. The smallest absolute Gasteiger partial charge is 0.223 e. The molecule has 2 rings (SSSR count). The lowest BCUT2D eigenvalue weighted by Gasteiger charge is -2.51. The lowest BCUT2D eigenvalue weighted by Crippen LogP contribution is -2.55. The van der Waals surface area contributed by atoms with E-state index in [1.165, 1.54) is 18.4 Å². The first-order valence-corrected chi connectivity index (χ1v) is 9.58. The average Bonchev–Trinajstić information content (AvgIpc) is 2.42. The Bertz CT molecular complexity index is 458. The Morgan fingerprint density at radius 2 is 1.83 bits per heavy atom. The van der Waals surface area contributed by atoms with E-state index >= 15 is 0 Å². The zero-order valence-electron chi connectivity index (χ0n) is 16.3. The van der Waals surface area contributed by atoms with Crippen molar-refractivity contribution in [1.82, 2.24) is 5.32 Å². The summed E-state index contributed by atoms with van der Waals surface area (Å²) in [6, 6.07) is 0.379. The van der Waals surface area contributed by atoms with Gasteiger partial charge in [-0.25, -0.2) is 0 Å². The van der Waals surface area contributed by atoms with Crippen LogP contribution in [0.25, 0.3) is 0 Å². The van der Waals surface area contributed by atoms with Crippen molar-refractivity contribution >= 4 is 5.91 Å². The highest BCUT2D eigenvalue weighted by atomic mass is 16.2. The van der Waals surface area contributed by atoms with Crippen LogP contribution in [0.1, 0.15) is 74.1 Å². The van der Waals surface area contributed by atoms with Crippen LogP contribution in [0.2, 0.25) is 0 Å². The standard InChI is InChI=1S/C21H37NO/c1-13(2)10-16-12-18(21(16,6)7)20(23)22-19-11-15(5)8-9-17(19)14(3)4/h10,14-19H,8-9,11-12H2,1-7H3,(H,22,23)/t15-,16-,17+,18+,19+/m1/s1. The summed E-state index contributed by atoms with van der Waals surface area (Å²) in [5.41, 5.74) is 1.46. The molecular weight excluding hydrogens is 282 g/mol. The van der Waals surface area contributed by atoms with Crippen LogP contribution in [0.5, 0.6) is 0 Å². The molecule has 0 spiro atoms. The van der Waals surface area contributed by atoms with Crippen LogP contribution in [0, 0.1) is 35.0 Å². The van der Waals surface area contributed by atoms with Gasteiger partial charge in [0.2, 0.25) is 5.91 Å². The van der Waals surface area contributed by atoms with Crippen LogP contribution in [-0.4, -0.2) is 11.9 Å². The fourth-order valence-electron chi connectivity index (χ4n) is 4.74. The third kappa shape index (κ3) is 4.00. The Balaban J connectivity index is 2.00. The van der Waals surface area contributed by atoms with Gasteiger partial charge in [-0.15, -0.1) is 0 Å². The van der Waals surface area contributed by atoms with Crippen LogP contribution in [0.3, 0.4) is 0 Å². The zero-order chi connectivity index (χ0) is 17.4. The number of carbonyl (C=O) groups is 1. The van der Waals surface area contributed by atoms with Crippen molar-refractivity contribution in [3.8, 4) is 0 Å². The molecule has 0 aromatic heterocycles. The molecule has 2 nitrogen and oxygen atoms in total. The van der Waals surface area contributed by atoms with Crippen molar-refractivity contribution < 1.29 is 4.79 Å². The summed E-state index contributed by atoms with van der Waals surface area (Å²) >= 11 is 0. The minimum atomic E-state index is 0.0922. The van der Waals surface area contributed by atoms with Gasteiger partial charge in [-0.2, -0.15) is 0 Å². The maximum atomic E-state index is 12.9. The highest BCUT2D eigenvalue weighted by Gasteiger charge is 2.51. The van der Waals surface area contributed by atoms with Crippen molar-refractivity contribution in [1.29, 1.82) is 0 Å². The second-order valence-electron chi connectivity index (χ2n) is 9.40. The van der Waals surface area contributed by atoms with E-state index in [9.17, 15) is 4.79 Å². The molecule has 2 heteroatoms. The van der Waals surface area contributed by atoms with Gasteiger partial charge >= 0.3 is 0 Å². The molecule has 2 fully saturated rings. The Labute approximate surface area is 143 Å². The number of rotatable bonds is 4. The molecule has 0 aromatic carbocycles. The third-order valence-electron chi connectivity index (χ3n) is 6.54. The van der Waals surface area contributed by atoms with Crippen LogP contribution < -0.4 is 5.32 Å². The number of nitrogens with one attached hydrogen (secondary N) is 1. The summed E-state index contributed by atoms with van der Waals surface area (Å²) in [6.45, 7) is 15.8. The summed E-state index contributed by atoms with van der Waals surface area (Å²) in [5.74, 6) is 3.07. The van der Waals surface area contributed by atoms with Gasteiger partial charge in [-0.3, -0.25) is 4.79 Å². The minimum absolute atomic E-state index is 0.0922. The Morgan fingerprint density at radius 1 is 1.17 bits per heavy atom. The van der Waals surface area contributed by atoms with Crippen molar-refractivity contribution in [2.75, 3.05) is 0 Å². The first-order chi connectivity index (χ1) is 10.6. The molecule has 2 saturated carbocycles. The molecule has 0 unspecified atom stereocenters. The van der Waals surface area contributed by atoms with Gasteiger partial charge in [0.25, 0.3) is 0 Å². The molecule has 5 atom stereocenters. The Kier molecular flexibility index (Phi) is 5.63. The fourth-order valence-corrected chi connectivity index (χ4v) is 4.74. The second-order valence-corrected chi connectivity index (χ2v) is 9.40. The second kappa shape index (κ2) is 6.99. The van der Waals surface area contributed by atoms with E-state index in [-0.39, 0.29) is 11.3 Å². The zero-order valence-corrected chi connectivity index (χ0v) is 16.3. The van der Waals surface area contributed by atoms with Gasteiger partial charge in [0.1, 0.15) is 0 Å². The summed E-state index contributed by atoms with van der Waals surface area (Å²) in [5, 5.41) is 3.45. The molecule has 23 heavy (non-hydrogen) atoms. The molecule has 1 N–H and O–H groups in total. The van der Waals surface area contributed by atoms with E-state index in [2.05, 4.69) is 59.9 Å². The average molecular weight is 320 g/mol. The predicted molar refractivity (Wildman–Crippen MR) is 98.1 cm³/mol. The normalized spacial score (nSPS) is 36.3. The number of amides is 1. The summed E-state index contributed by atoms with van der Waals surface area (Å²) in [7, 11) is 0. The summed E-state index contributed by atoms with van der Waals surface area (Å²) in [6.07, 6.45) is 7.09. The largest absolute Gasteiger partial charge is 0.353 e. The number of hydrogen-bond donors (Lipinski definition) is 1. The quantitative estimate of drug-likeness (QED) is 0.710. The van der Waals surface area contributed by atoms with E-state index in [1.54, 1.807) is 0 Å². The molecule has 0 bridgehead atoms. The summed E-state index contributed by atoms with van der Waals surface area (Å²) < 4.78 is 0. The van der Waals surface area contributed by atoms with Crippen molar-refractivity contribution in [3.05, 3.63) is 11.6 Å². The maximum absolute atomic E-state index is 12.9. The number of carbonyl (C=O) groups excluding carboxylic acids is 1. The van der Waals surface area contributed by atoms with Crippen LogP contribution in [-0.2, 0) is 4.79 Å². The van der Waals surface area contributed by atoms with E-state index in [0.29, 0.717) is 29.7 Å². The molecule has 0 aromatic rings. The van der Waals surface area contributed by atoms with Crippen LogP contribution in [0.15, 0.2) is 11.6 Å². The minimum Gasteiger partial charge on any atom is -0.353 e. The lowest BCUT2D eigenvalue weighted by molar-refractivity contribution is -0.139. The number of hydrogen-bond acceptors (Lipinski definition) is 1. The van der Waals surface area contributed by atoms with Crippen LogP contribution >= 0.6 is 0 Å². The van der Waals surface area contributed by atoms with Crippen LogP contribution in [0.4, 0.5) is 0 Å². The highest BCUT2D eigenvalue weighted by Crippen LogP contribution is 2.52. The maximum Gasteiger partial charge on any atom is 0.223 e. The molecule has 0 saturated heterocycles. The van der Waals surface area contributed by atoms with E-state index in [1.807, 2.05) is 0 Å². The molecule has 2 aliphatic carbocycles. The molecule has 0 heterocycles. The van der Waals surface area contributed by atoms with Gasteiger partial charge in [-0.1, -0.05) is 52.7 Å². The summed E-state index contributed by atoms with van der Waals surface area (Å²) in [4.78, 5) is 12.9. The predicted octanol–water partition coefficient (Wildman–Crippen LogP) is 5.19. The van der Waals surface area contributed by atoms with Gasteiger partial charge < -0.3 is 5.32 Å². The van der Waals surface area contributed by atoms with E-state index in [0.717, 1.165) is 18.8 Å². The number of allylic oxidation sites excluding steroid dienone is 2. The highest BCUT2D eigenvalue weighted by molar-refractivity contribution is 5.81. The van der Waals surface area contributed by atoms with Gasteiger partial charge in [0, 0.05) is 12.0 Å². The first-order valence-electron chi connectivity index (χ1n) is 9.58. The molecule has 0 aliphatic heterocycles. The van der Waals surface area contributed by atoms with Gasteiger partial charge in [0.05, 0.1) is 0 Å². The van der Waals surface area contributed by atoms with E-state index in [4.69, 9.17) is 0 Å². The van der Waals surface area contributed by atoms with Gasteiger partial charge in [-0.05, 0) is 62.2 Å². The third-order valence-corrected chi connectivity index (χ3v) is 6.54. The molecular formula is C21H37NO. The molecule has 2 aliphatic rings. The SMILES string of the molecule is CC(C)=C[C@@H]1C[C@@H](C(=O)N[C@H]2C[C@H](C)CC[C@H]2C(C)C)C1(C)C. The monoisotopic (exact) mass is 319 g/mol. The molecule has 132 valence electrons. The van der Waals surface area contributed by atoms with Crippen molar-refractivity contribution in [3.63, 3.8) is 0 Å².